The lowest BCUT2D eigenvalue weighted by Crippen LogP contribution is -2.21. The lowest BCUT2D eigenvalue weighted by molar-refractivity contribution is 0.861. The highest BCUT2D eigenvalue weighted by atomic mass is 32.2. The molecule has 112 valence electrons. The summed E-state index contributed by atoms with van der Waals surface area (Å²) in [6, 6.07) is 0.421. The molecule has 1 fully saturated rings. The Bertz CT molecular complexity index is 446. The summed E-state index contributed by atoms with van der Waals surface area (Å²) >= 11 is 1.85. The van der Waals surface area contributed by atoms with Crippen molar-refractivity contribution in [2.24, 2.45) is 0 Å². The van der Waals surface area contributed by atoms with E-state index in [9.17, 15) is 0 Å². The molecule has 1 aromatic rings. The number of hydrogen-bond donors (Lipinski definition) is 2. The maximum absolute atomic E-state index is 4.75. The summed E-state index contributed by atoms with van der Waals surface area (Å²) < 4.78 is 0. The van der Waals surface area contributed by atoms with Crippen LogP contribution in [0.4, 0.5) is 11.6 Å². The molecule has 1 heterocycles. The molecule has 0 spiro atoms. The van der Waals surface area contributed by atoms with Crippen LogP contribution in [0.2, 0.25) is 0 Å². The van der Waals surface area contributed by atoms with Gasteiger partial charge in [0.05, 0.1) is 0 Å². The molecule has 2 rings (SSSR count). The summed E-state index contributed by atoms with van der Waals surface area (Å²) in [4.78, 5) is 9.47. The smallest absolute Gasteiger partial charge is 0.136 e. The summed E-state index contributed by atoms with van der Waals surface area (Å²) in [7, 11) is 0. The maximum Gasteiger partial charge on any atom is 0.136 e. The molecule has 0 amide bonds. The van der Waals surface area contributed by atoms with E-state index in [1.807, 2.05) is 11.8 Å². The standard InChI is InChI=1S/C15H26N4S/c1-5-8-16-13-11(3)14(17-10(2)9-20-4)19-15(18-13)12-6-7-12/h10,12H,5-9H2,1-4H3,(H2,16,17,18,19). The van der Waals surface area contributed by atoms with Crippen LogP contribution in [0.3, 0.4) is 0 Å². The molecule has 1 aliphatic rings. The highest BCUT2D eigenvalue weighted by Crippen LogP contribution is 2.39. The van der Waals surface area contributed by atoms with Gasteiger partial charge in [-0.2, -0.15) is 11.8 Å². The van der Waals surface area contributed by atoms with Gasteiger partial charge in [-0.1, -0.05) is 6.92 Å². The van der Waals surface area contributed by atoms with Crippen LogP contribution in [0.25, 0.3) is 0 Å². The van der Waals surface area contributed by atoms with Crippen molar-refractivity contribution in [1.29, 1.82) is 0 Å². The van der Waals surface area contributed by atoms with Crippen LogP contribution >= 0.6 is 11.8 Å². The molecular formula is C15H26N4S. The first kappa shape index (κ1) is 15.4. The Morgan fingerprint density at radius 2 is 2.00 bits per heavy atom. The van der Waals surface area contributed by atoms with Crippen molar-refractivity contribution in [1.82, 2.24) is 9.97 Å². The molecular weight excluding hydrogens is 268 g/mol. The molecule has 1 atom stereocenters. The molecule has 2 N–H and O–H groups in total. The fourth-order valence-electron chi connectivity index (χ4n) is 2.14. The van der Waals surface area contributed by atoms with E-state index in [-0.39, 0.29) is 0 Å². The lowest BCUT2D eigenvalue weighted by atomic mass is 10.2. The van der Waals surface area contributed by atoms with Crippen LogP contribution in [-0.4, -0.2) is 34.6 Å². The van der Waals surface area contributed by atoms with Gasteiger partial charge in [-0.25, -0.2) is 9.97 Å². The SMILES string of the molecule is CCCNc1nc(C2CC2)nc(NC(C)CSC)c1C. The minimum Gasteiger partial charge on any atom is -0.370 e. The largest absolute Gasteiger partial charge is 0.370 e. The highest BCUT2D eigenvalue weighted by molar-refractivity contribution is 7.98. The third kappa shape index (κ3) is 4.01. The topological polar surface area (TPSA) is 49.8 Å². The molecule has 0 bridgehead atoms. The van der Waals surface area contributed by atoms with Gasteiger partial charge in [-0.15, -0.1) is 0 Å². The van der Waals surface area contributed by atoms with Crippen molar-refractivity contribution in [3.8, 4) is 0 Å². The fourth-order valence-corrected chi connectivity index (χ4v) is 2.72. The van der Waals surface area contributed by atoms with Gasteiger partial charge in [0.25, 0.3) is 0 Å². The highest BCUT2D eigenvalue weighted by Gasteiger charge is 2.28. The normalized spacial score (nSPS) is 16.0. The monoisotopic (exact) mass is 294 g/mol. The van der Waals surface area contributed by atoms with Crippen molar-refractivity contribution in [3.63, 3.8) is 0 Å². The molecule has 1 saturated carbocycles. The van der Waals surface area contributed by atoms with Crippen molar-refractivity contribution >= 4 is 23.4 Å². The van der Waals surface area contributed by atoms with E-state index in [0.717, 1.165) is 41.7 Å². The van der Waals surface area contributed by atoms with Crippen LogP contribution in [0.5, 0.6) is 0 Å². The van der Waals surface area contributed by atoms with E-state index in [4.69, 9.17) is 9.97 Å². The molecule has 0 saturated heterocycles. The third-order valence-electron chi connectivity index (χ3n) is 3.45. The van der Waals surface area contributed by atoms with Crippen molar-refractivity contribution in [2.45, 2.75) is 52.0 Å². The zero-order valence-corrected chi connectivity index (χ0v) is 13.8. The number of hydrogen-bond acceptors (Lipinski definition) is 5. The average molecular weight is 294 g/mol. The molecule has 1 unspecified atom stereocenters. The number of thioether (sulfide) groups is 1. The first-order valence-corrected chi connectivity index (χ1v) is 8.93. The van der Waals surface area contributed by atoms with E-state index < -0.39 is 0 Å². The molecule has 1 aromatic heterocycles. The maximum atomic E-state index is 4.75. The van der Waals surface area contributed by atoms with E-state index in [0.29, 0.717) is 12.0 Å². The van der Waals surface area contributed by atoms with Crippen molar-refractivity contribution < 1.29 is 0 Å². The first-order chi connectivity index (χ1) is 9.65. The second-order valence-corrected chi connectivity index (χ2v) is 6.52. The van der Waals surface area contributed by atoms with Crippen LogP contribution in [0.1, 0.15) is 50.4 Å². The summed E-state index contributed by atoms with van der Waals surface area (Å²) in [6.07, 6.45) is 5.70. The van der Waals surface area contributed by atoms with Gasteiger partial charge in [0.2, 0.25) is 0 Å². The average Bonchev–Trinajstić information content (AvgIpc) is 3.24. The Hall–Kier alpha value is -0.970. The fraction of sp³-hybridized carbons (Fsp3) is 0.733. The molecule has 0 aromatic carbocycles. The third-order valence-corrected chi connectivity index (χ3v) is 4.28. The Morgan fingerprint density at radius 1 is 1.30 bits per heavy atom. The Balaban J connectivity index is 2.21. The number of rotatable bonds is 8. The van der Waals surface area contributed by atoms with Gasteiger partial charge >= 0.3 is 0 Å². The first-order valence-electron chi connectivity index (χ1n) is 7.53. The van der Waals surface area contributed by atoms with E-state index in [1.54, 1.807) is 0 Å². The van der Waals surface area contributed by atoms with E-state index in [2.05, 4.69) is 37.7 Å². The predicted octanol–water partition coefficient (Wildman–Crippen LogP) is 3.65. The molecule has 4 nitrogen and oxygen atoms in total. The summed E-state index contributed by atoms with van der Waals surface area (Å²) in [6.45, 7) is 7.43. The number of nitrogens with zero attached hydrogens (tertiary/aromatic N) is 2. The minimum absolute atomic E-state index is 0.421. The van der Waals surface area contributed by atoms with Crippen molar-refractivity contribution in [3.05, 3.63) is 11.4 Å². The quantitative estimate of drug-likeness (QED) is 0.766. The van der Waals surface area contributed by atoms with Crippen LogP contribution < -0.4 is 10.6 Å². The van der Waals surface area contributed by atoms with E-state index >= 15 is 0 Å². The van der Waals surface area contributed by atoms with Gasteiger partial charge in [-0.3, -0.25) is 0 Å². The van der Waals surface area contributed by atoms with Gasteiger partial charge in [-0.05, 0) is 39.4 Å². The molecule has 1 aliphatic carbocycles. The molecule has 5 heteroatoms. The van der Waals surface area contributed by atoms with Crippen molar-refractivity contribution in [2.75, 3.05) is 29.2 Å². The summed E-state index contributed by atoms with van der Waals surface area (Å²) in [5.74, 6) is 4.67. The lowest BCUT2D eigenvalue weighted by Gasteiger charge is -2.18. The second kappa shape index (κ2) is 7.16. The predicted molar refractivity (Wildman–Crippen MR) is 89.0 cm³/mol. The van der Waals surface area contributed by atoms with Crippen LogP contribution in [-0.2, 0) is 0 Å². The van der Waals surface area contributed by atoms with Crippen LogP contribution in [0.15, 0.2) is 0 Å². The Morgan fingerprint density at radius 3 is 2.60 bits per heavy atom. The second-order valence-electron chi connectivity index (χ2n) is 5.61. The minimum atomic E-state index is 0.421. The molecule has 20 heavy (non-hydrogen) atoms. The van der Waals surface area contributed by atoms with Gasteiger partial charge < -0.3 is 10.6 Å². The summed E-state index contributed by atoms with van der Waals surface area (Å²) in [5.41, 5.74) is 1.14. The zero-order chi connectivity index (χ0) is 14.5. The number of nitrogens with one attached hydrogen (secondary N) is 2. The van der Waals surface area contributed by atoms with Gasteiger partial charge in [0.1, 0.15) is 17.5 Å². The van der Waals surface area contributed by atoms with Crippen LogP contribution in [0, 0.1) is 6.92 Å². The Labute approximate surface area is 126 Å². The van der Waals surface area contributed by atoms with Gasteiger partial charge in [0.15, 0.2) is 0 Å². The summed E-state index contributed by atoms with van der Waals surface area (Å²) in [5, 5.41) is 6.97. The number of aromatic nitrogens is 2. The zero-order valence-electron chi connectivity index (χ0n) is 13.0. The Kier molecular flexibility index (Phi) is 5.52. The van der Waals surface area contributed by atoms with Gasteiger partial charge in [0, 0.05) is 29.8 Å². The number of anilines is 2. The molecule has 0 aliphatic heterocycles. The molecule has 0 radical (unpaired) electrons. The van der Waals surface area contributed by atoms with E-state index in [1.165, 1.54) is 12.8 Å².